The molecule has 1 atom stereocenters. The van der Waals surface area contributed by atoms with Gasteiger partial charge in [-0.05, 0) is 32.4 Å². The van der Waals surface area contributed by atoms with E-state index < -0.39 is 5.60 Å². The Morgan fingerprint density at radius 1 is 1.22 bits per heavy atom. The zero-order valence-electron chi connectivity index (χ0n) is 11.8. The van der Waals surface area contributed by atoms with Crippen LogP contribution in [-0.2, 0) is 0 Å². The molecule has 0 saturated carbocycles. The molecule has 3 heteroatoms. The molecule has 0 aliphatic heterocycles. The molecule has 0 aliphatic carbocycles. The molecule has 2 N–H and O–H groups in total. The number of Topliss-reactive ketones (excluding diaryl/α,β-unsaturated/α-hetero) is 1. The number of rotatable bonds is 5. The lowest BCUT2D eigenvalue weighted by Gasteiger charge is -2.21. The summed E-state index contributed by atoms with van der Waals surface area (Å²) in [5.74, 6) is 0.227. The zero-order chi connectivity index (χ0) is 13.9. The van der Waals surface area contributed by atoms with Crippen molar-refractivity contribution in [1.29, 1.82) is 0 Å². The van der Waals surface area contributed by atoms with Crippen molar-refractivity contribution < 1.29 is 9.90 Å². The minimum absolute atomic E-state index is 0.250. The molecular weight excluding hydrogens is 226 g/mol. The van der Waals surface area contributed by atoms with Gasteiger partial charge in [-0.3, -0.25) is 4.79 Å². The highest BCUT2D eigenvalue weighted by atomic mass is 16.3. The van der Waals surface area contributed by atoms with Crippen LogP contribution in [0.15, 0.2) is 24.3 Å². The van der Waals surface area contributed by atoms with Crippen LogP contribution in [0.3, 0.4) is 0 Å². The van der Waals surface area contributed by atoms with E-state index in [0.29, 0.717) is 11.5 Å². The van der Waals surface area contributed by atoms with Gasteiger partial charge < -0.3 is 10.4 Å². The molecule has 0 aliphatic rings. The van der Waals surface area contributed by atoms with Crippen molar-refractivity contribution >= 4 is 5.78 Å². The van der Waals surface area contributed by atoms with E-state index in [-0.39, 0.29) is 11.8 Å². The van der Waals surface area contributed by atoms with E-state index in [0.717, 1.165) is 5.56 Å². The van der Waals surface area contributed by atoms with Crippen LogP contribution in [0, 0.1) is 5.92 Å². The molecule has 100 valence electrons. The van der Waals surface area contributed by atoms with Gasteiger partial charge in [0.2, 0.25) is 0 Å². The predicted octanol–water partition coefficient (Wildman–Crippen LogP) is 2.56. The smallest absolute Gasteiger partial charge is 0.193 e. The first-order valence-corrected chi connectivity index (χ1v) is 6.31. The lowest BCUT2D eigenvalue weighted by atomic mass is 9.92. The number of ketones is 1. The van der Waals surface area contributed by atoms with Crippen LogP contribution in [0.25, 0.3) is 0 Å². The highest BCUT2D eigenvalue weighted by Crippen LogP contribution is 2.22. The van der Waals surface area contributed by atoms with Crippen LogP contribution < -0.4 is 5.32 Å². The number of nitrogens with one attached hydrogen (secondary N) is 1. The van der Waals surface area contributed by atoms with Crippen LogP contribution in [0.5, 0.6) is 0 Å². The standard InChI is InChI=1S/C15H23NO2/c1-10(2)13(16-5)11-6-8-12(9-7-11)14(17)15(3,4)18/h6-10,13,16,18H,1-5H3. The number of hydrogen-bond donors (Lipinski definition) is 2. The second-order valence-corrected chi connectivity index (χ2v) is 5.52. The minimum Gasteiger partial charge on any atom is -0.382 e. The van der Waals surface area contributed by atoms with Crippen LogP contribution in [0.1, 0.15) is 49.7 Å². The van der Waals surface area contributed by atoms with Crippen molar-refractivity contribution in [3.63, 3.8) is 0 Å². The van der Waals surface area contributed by atoms with Crippen molar-refractivity contribution in [3.8, 4) is 0 Å². The first-order valence-electron chi connectivity index (χ1n) is 6.31. The summed E-state index contributed by atoms with van der Waals surface area (Å²) in [5.41, 5.74) is 0.381. The lowest BCUT2D eigenvalue weighted by Crippen LogP contribution is -2.31. The molecule has 0 heterocycles. The monoisotopic (exact) mass is 249 g/mol. The molecule has 0 bridgehead atoms. The number of aliphatic hydroxyl groups is 1. The van der Waals surface area contributed by atoms with Crippen molar-refractivity contribution in [2.24, 2.45) is 5.92 Å². The topological polar surface area (TPSA) is 49.3 Å². The van der Waals surface area contributed by atoms with E-state index in [1.165, 1.54) is 13.8 Å². The number of carbonyl (C=O) groups excluding carboxylic acids is 1. The van der Waals surface area contributed by atoms with Crippen LogP contribution in [0.2, 0.25) is 0 Å². The van der Waals surface area contributed by atoms with Gasteiger partial charge in [-0.15, -0.1) is 0 Å². The Labute approximate surface area is 109 Å². The highest BCUT2D eigenvalue weighted by molar-refractivity contribution is 6.01. The zero-order valence-corrected chi connectivity index (χ0v) is 11.8. The third-order valence-electron chi connectivity index (χ3n) is 3.07. The second-order valence-electron chi connectivity index (χ2n) is 5.52. The molecule has 1 aromatic rings. The number of hydrogen-bond acceptors (Lipinski definition) is 3. The van der Waals surface area contributed by atoms with Gasteiger partial charge in [-0.2, -0.15) is 0 Å². The minimum atomic E-state index is -1.32. The SMILES string of the molecule is CNC(c1ccc(C(=O)C(C)(C)O)cc1)C(C)C. The first kappa shape index (κ1) is 14.9. The first-order chi connectivity index (χ1) is 8.27. The maximum absolute atomic E-state index is 11.9. The quantitative estimate of drug-likeness (QED) is 0.788. The van der Waals surface area contributed by atoms with E-state index in [9.17, 15) is 9.90 Å². The summed E-state index contributed by atoms with van der Waals surface area (Å²) in [5, 5.41) is 13.0. The molecule has 0 spiro atoms. The fourth-order valence-electron chi connectivity index (χ4n) is 2.08. The maximum atomic E-state index is 11.9. The molecule has 1 rings (SSSR count). The second kappa shape index (κ2) is 5.63. The molecule has 1 aromatic carbocycles. The van der Waals surface area contributed by atoms with Gasteiger partial charge in [-0.25, -0.2) is 0 Å². The van der Waals surface area contributed by atoms with Gasteiger partial charge in [-0.1, -0.05) is 38.1 Å². The van der Waals surface area contributed by atoms with Gasteiger partial charge in [0.15, 0.2) is 5.78 Å². The van der Waals surface area contributed by atoms with E-state index in [1.54, 1.807) is 12.1 Å². The molecule has 0 fully saturated rings. The Bertz CT molecular complexity index is 401. The Hall–Kier alpha value is -1.19. The Morgan fingerprint density at radius 3 is 2.06 bits per heavy atom. The van der Waals surface area contributed by atoms with E-state index in [1.807, 2.05) is 19.2 Å². The largest absolute Gasteiger partial charge is 0.382 e. The number of benzene rings is 1. The summed E-state index contributed by atoms with van der Waals surface area (Å²) >= 11 is 0. The van der Waals surface area contributed by atoms with Gasteiger partial charge >= 0.3 is 0 Å². The predicted molar refractivity (Wildman–Crippen MR) is 73.7 cm³/mol. The van der Waals surface area contributed by atoms with Gasteiger partial charge in [0.05, 0.1) is 0 Å². The third-order valence-corrected chi connectivity index (χ3v) is 3.07. The summed E-state index contributed by atoms with van der Waals surface area (Å²) in [6, 6.07) is 7.72. The Morgan fingerprint density at radius 2 is 1.72 bits per heavy atom. The molecule has 0 saturated heterocycles. The summed E-state index contributed by atoms with van der Waals surface area (Å²) in [6.45, 7) is 7.32. The molecule has 3 nitrogen and oxygen atoms in total. The summed E-state index contributed by atoms with van der Waals surface area (Å²) in [7, 11) is 1.93. The van der Waals surface area contributed by atoms with Crippen molar-refractivity contribution in [2.45, 2.75) is 39.3 Å². The van der Waals surface area contributed by atoms with Gasteiger partial charge in [0.1, 0.15) is 5.60 Å². The average Bonchev–Trinajstić information content (AvgIpc) is 2.28. The molecular formula is C15H23NO2. The molecule has 1 unspecified atom stereocenters. The van der Waals surface area contributed by atoms with Crippen molar-refractivity contribution in [2.75, 3.05) is 7.05 Å². The van der Waals surface area contributed by atoms with Crippen LogP contribution in [0.4, 0.5) is 0 Å². The van der Waals surface area contributed by atoms with Crippen LogP contribution in [-0.4, -0.2) is 23.5 Å². The van der Waals surface area contributed by atoms with Crippen LogP contribution >= 0.6 is 0 Å². The van der Waals surface area contributed by atoms with Crippen molar-refractivity contribution in [3.05, 3.63) is 35.4 Å². The fraction of sp³-hybridized carbons (Fsp3) is 0.533. The molecule has 0 aromatic heterocycles. The Balaban J connectivity index is 2.96. The van der Waals surface area contributed by atoms with E-state index in [4.69, 9.17) is 0 Å². The molecule has 18 heavy (non-hydrogen) atoms. The maximum Gasteiger partial charge on any atom is 0.193 e. The van der Waals surface area contributed by atoms with E-state index in [2.05, 4.69) is 19.2 Å². The third kappa shape index (κ3) is 3.40. The lowest BCUT2D eigenvalue weighted by molar-refractivity contribution is 0.0488. The normalized spacial score (nSPS) is 13.7. The fourth-order valence-corrected chi connectivity index (χ4v) is 2.08. The molecule has 0 amide bonds. The van der Waals surface area contributed by atoms with Gasteiger partial charge in [0, 0.05) is 11.6 Å². The average molecular weight is 249 g/mol. The summed E-state index contributed by atoms with van der Waals surface area (Å²) in [6.07, 6.45) is 0. The summed E-state index contributed by atoms with van der Waals surface area (Å²) < 4.78 is 0. The highest BCUT2D eigenvalue weighted by Gasteiger charge is 2.25. The summed E-state index contributed by atoms with van der Waals surface area (Å²) in [4.78, 5) is 11.9. The molecule has 0 radical (unpaired) electrons. The van der Waals surface area contributed by atoms with Gasteiger partial charge in [0.25, 0.3) is 0 Å². The Kier molecular flexibility index (Phi) is 4.65. The van der Waals surface area contributed by atoms with Crippen molar-refractivity contribution in [1.82, 2.24) is 5.32 Å². The number of carbonyl (C=O) groups is 1. The van der Waals surface area contributed by atoms with E-state index >= 15 is 0 Å².